The highest BCUT2D eigenvalue weighted by Crippen LogP contribution is 2.20. The summed E-state index contributed by atoms with van der Waals surface area (Å²) in [6.07, 6.45) is 4.91. The monoisotopic (exact) mass is 389 g/mol. The van der Waals surface area contributed by atoms with Crippen LogP contribution in [0.5, 0.6) is 5.75 Å². The van der Waals surface area contributed by atoms with Gasteiger partial charge in [0.25, 0.3) is 0 Å². The summed E-state index contributed by atoms with van der Waals surface area (Å²) in [4.78, 5) is 20.0. The van der Waals surface area contributed by atoms with Gasteiger partial charge in [-0.3, -0.25) is 15.2 Å². The molecule has 0 spiro atoms. The first-order valence-corrected chi connectivity index (χ1v) is 9.61. The lowest BCUT2D eigenvalue weighted by atomic mass is 10.1. The molecule has 2 aromatic carbocycles. The van der Waals surface area contributed by atoms with Gasteiger partial charge in [-0.1, -0.05) is 36.4 Å². The number of para-hydroxylation sites is 2. The average Bonchev–Trinajstić information content (AvgIpc) is 3.35. The van der Waals surface area contributed by atoms with Crippen molar-refractivity contribution in [2.75, 3.05) is 12.4 Å². The zero-order valence-corrected chi connectivity index (χ0v) is 16.2. The van der Waals surface area contributed by atoms with E-state index < -0.39 is 0 Å². The number of methoxy groups -OCH3 is 1. The first-order valence-electron chi connectivity index (χ1n) is 9.61. The van der Waals surface area contributed by atoms with E-state index in [-0.39, 0.29) is 12.3 Å². The van der Waals surface area contributed by atoms with Gasteiger partial charge >= 0.3 is 0 Å². The van der Waals surface area contributed by atoms with Crippen molar-refractivity contribution in [2.45, 2.75) is 25.7 Å². The third kappa shape index (κ3) is 4.45. The van der Waals surface area contributed by atoms with Crippen LogP contribution < -0.4 is 10.1 Å². The average molecular weight is 389 g/mol. The van der Waals surface area contributed by atoms with Crippen molar-refractivity contribution in [1.82, 2.24) is 20.2 Å². The largest absolute Gasteiger partial charge is 0.496 e. The lowest BCUT2D eigenvalue weighted by molar-refractivity contribution is -0.115. The summed E-state index contributed by atoms with van der Waals surface area (Å²) in [6.45, 7) is 0. The van der Waals surface area contributed by atoms with E-state index in [0.717, 1.165) is 36.2 Å². The standard InChI is InChI=1S/C22H23N5O2/c1-29-19-11-5-2-7-15(19)13-21(28)25-22-24-20(26-27-22)12-6-8-16-14-23-18-10-4-3-9-17(16)18/h2-5,7,9-11,14,23H,6,8,12-13H2,1H3,(H2,24,25,26,27,28). The molecule has 0 unspecified atom stereocenters. The summed E-state index contributed by atoms with van der Waals surface area (Å²) < 4.78 is 5.28. The number of nitrogens with one attached hydrogen (secondary N) is 3. The zero-order valence-electron chi connectivity index (χ0n) is 16.2. The van der Waals surface area contributed by atoms with Gasteiger partial charge in [-0.2, -0.15) is 4.98 Å². The molecule has 0 radical (unpaired) electrons. The van der Waals surface area contributed by atoms with Crippen LogP contribution in [0.25, 0.3) is 10.9 Å². The molecule has 0 aliphatic heterocycles. The molecule has 29 heavy (non-hydrogen) atoms. The van der Waals surface area contributed by atoms with E-state index in [2.05, 4.69) is 49.9 Å². The molecule has 0 bridgehead atoms. The smallest absolute Gasteiger partial charge is 0.248 e. The fourth-order valence-electron chi connectivity index (χ4n) is 3.44. The Balaban J connectivity index is 1.30. The van der Waals surface area contributed by atoms with Gasteiger partial charge < -0.3 is 9.72 Å². The number of aromatic amines is 2. The first-order chi connectivity index (χ1) is 14.2. The van der Waals surface area contributed by atoms with Crippen LogP contribution in [0, 0.1) is 0 Å². The number of rotatable bonds is 8. The summed E-state index contributed by atoms with van der Waals surface area (Å²) in [5, 5.41) is 11.0. The van der Waals surface area contributed by atoms with Gasteiger partial charge in [0.2, 0.25) is 11.9 Å². The third-order valence-electron chi connectivity index (χ3n) is 4.86. The van der Waals surface area contributed by atoms with E-state index in [1.165, 1.54) is 10.9 Å². The minimum atomic E-state index is -0.182. The maximum absolute atomic E-state index is 12.3. The Morgan fingerprint density at radius 2 is 1.90 bits per heavy atom. The second kappa shape index (κ2) is 8.60. The van der Waals surface area contributed by atoms with Gasteiger partial charge in [-0.15, -0.1) is 5.10 Å². The molecule has 0 aliphatic carbocycles. The molecule has 148 valence electrons. The number of benzene rings is 2. The maximum Gasteiger partial charge on any atom is 0.248 e. The number of aryl methyl sites for hydroxylation is 2. The SMILES string of the molecule is COc1ccccc1CC(=O)Nc1n[nH]c(CCCc2c[nH]c3ccccc23)n1. The molecule has 0 saturated heterocycles. The Bertz CT molecular complexity index is 1120. The topological polar surface area (TPSA) is 95.7 Å². The highest BCUT2D eigenvalue weighted by Gasteiger charge is 2.11. The van der Waals surface area contributed by atoms with Crippen LogP contribution in [-0.2, 0) is 24.1 Å². The number of carbonyl (C=O) groups is 1. The lowest BCUT2D eigenvalue weighted by Crippen LogP contribution is -2.15. The summed E-state index contributed by atoms with van der Waals surface area (Å²) in [7, 11) is 1.59. The minimum Gasteiger partial charge on any atom is -0.496 e. The summed E-state index contributed by atoms with van der Waals surface area (Å²) >= 11 is 0. The van der Waals surface area contributed by atoms with Crippen LogP contribution in [0.1, 0.15) is 23.4 Å². The third-order valence-corrected chi connectivity index (χ3v) is 4.86. The molecule has 4 rings (SSSR count). The number of aromatic nitrogens is 4. The Kier molecular flexibility index (Phi) is 5.56. The number of hydrogen-bond acceptors (Lipinski definition) is 4. The van der Waals surface area contributed by atoms with Crippen molar-refractivity contribution >= 4 is 22.8 Å². The molecule has 0 fully saturated rings. The van der Waals surface area contributed by atoms with Crippen LogP contribution in [0.3, 0.4) is 0 Å². The zero-order chi connectivity index (χ0) is 20.1. The number of hydrogen-bond donors (Lipinski definition) is 3. The van der Waals surface area contributed by atoms with Crippen molar-refractivity contribution in [3.63, 3.8) is 0 Å². The van der Waals surface area contributed by atoms with E-state index in [4.69, 9.17) is 4.74 Å². The van der Waals surface area contributed by atoms with Crippen molar-refractivity contribution in [3.05, 3.63) is 71.7 Å². The molecule has 0 aliphatic rings. The number of H-pyrrole nitrogens is 2. The van der Waals surface area contributed by atoms with Crippen LogP contribution in [-0.4, -0.2) is 33.2 Å². The van der Waals surface area contributed by atoms with Gasteiger partial charge in [0.15, 0.2) is 0 Å². The number of ether oxygens (including phenoxy) is 1. The summed E-state index contributed by atoms with van der Waals surface area (Å²) in [6, 6.07) is 15.7. The summed E-state index contributed by atoms with van der Waals surface area (Å²) in [5.74, 6) is 1.57. The van der Waals surface area contributed by atoms with Gasteiger partial charge in [0.05, 0.1) is 13.5 Å². The van der Waals surface area contributed by atoms with Crippen LogP contribution in [0.4, 0.5) is 5.95 Å². The molecular weight excluding hydrogens is 366 g/mol. The van der Waals surface area contributed by atoms with E-state index in [9.17, 15) is 4.79 Å². The van der Waals surface area contributed by atoms with E-state index in [1.807, 2.05) is 30.3 Å². The molecule has 2 aromatic heterocycles. The second-order valence-electron chi connectivity index (χ2n) is 6.86. The molecule has 1 amide bonds. The number of anilines is 1. The molecule has 3 N–H and O–H groups in total. The maximum atomic E-state index is 12.3. The highest BCUT2D eigenvalue weighted by molar-refractivity contribution is 5.91. The molecule has 7 heteroatoms. The Morgan fingerprint density at radius 1 is 1.07 bits per heavy atom. The van der Waals surface area contributed by atoms with E-state index >= 15 is 0 Å². The Hall–Kier alpha value is -3.61. The molecule has 0 saturated carbocycles. The Morgan fingerprint density at radius 3 is 2.79 bits per heavy atom. The lowest BCUT2D eigenvalue weighted by Gasteiger charge is -2.07. The normalized spacial score (nSPS) is 10.9. The van der Waals surface area contributed by atoms with E-state index in [1.54, 1.807) is 7.11 Å². The number of nitrogens with zero attached hydrogens (tertiary/aromatic N) is 2. The minimum absolute atomic E-state index is 0.182. The molecule has 2 heterocycles. The fraction of sp³-hybridized carbons (Fsp3) is 0.227. The summed E-state index contributed by atoms with van der Waals surface area (Å²) in [5.41, 5.74) is 3.27. The predicted octanol–water partition coefficient (Wildman–Crippen LogP) is 3.65. The number of fused-ring (bicyclic) bond motifs is 1. The molecule has 7 nitrogen and oxygen atoms in total. The van der Waals surface area contributed by atoms with Gasteiger partial charge in [0, 0.05) is 29.1 Å². The van der Waals surface area contributed by atoms with Gasteiger partial charge in [0.1, 0.15) is 11.6 Å². The van der Waals surface area contributed by atoms with Gasteiger partial charge in [-0.25, -0.2) is 0 Å². The van der Waals surface area contributed by atoms with Crippen molar-refractivity contribution in [3.8, 4) is 5.75 Å². The second-order valence-corrected chi connectivity index (χ2v) is 6.86. The van der Waals surface area contributed by atoms with Crippen LogP contribution >= 0.6 is 0 Å². The quantitative estimate of drug-likeness (QED) is 0.429. The molecule has 4 aromatic rings. The van der Waals surface area contributed by atoms with E-state index in [0.29, 0.717) is 11.7 Å². The van der Waals surface area contributed by atoms with Crippen molar-refractivity contribution in [1.29, 1.82) is 0 Å². The Labute approximate surface area is 168 Å². The van der Waals surface area contributed by atoms with Crippen LogP contribution in [0.2, 0.25) is 0 Å². The molecule has 0 atom stereocenters. The van der Waals surface area contributed by atoms with Gasteiger partial charge in [-0.05, 0) is 30.5 Å². The van der Waals surface area contributed by atoms with Crippen molar-refractivity contribution in [2.24, 2.45) is 0 Å². The number of carbonyl (C=O) groups excluding carboxylic acids is 1. The number of amides is 1. The molecular formula is C22H23N5O2. The highest BCUT2D eigenvalue weighted by atomic mass is 16.5. The fourth-order valence-corrected chi connectivity index (χ4v) is 3.44. The first kappa shape index (κ1) is 18.7. The van der Waals surface area contributed by atoms with Crippen LogP contribution in [0.15, 0.2) is 54.7 Å². The predicted molar refractivity (Wildman–Crippen MR) is 112 cm³/mol. The van der Waals surface area contributed by atoms with Crippen molar-refractivity contribution < 1.29 is 9.53 Å².